The first-order valence-electron chi connectivity index (χ1n) is 5.40. The lowest BCUT2D eigenvalue weighted by molar-refractivity contribution is -0.148. The van der Waals surface area contributed by atoms with Gasteiger partial charge in [-0.15, -0.1) is 0 Å². The molecule has 0 spiro atoms. The van der Waals surface area contributed by atoms with Gasteiger partial charge in [-0.2, -0.15) is 0 Å². The summed E-state index contributed by atoms with van der Waals surface area (Å²) in [6, 6.07) is 5.46. The number of ether oxygens (including phenoxy) is 2. The fourth-order valence-corrected chi connectivity index (χ4v) is 1.98. The Bertz CT molecular complexity index is 456. The summed E-state index contributed by atoms with van der Waals surface area (Å²) in [5, 5.41) is 0. The minimum absolute atomic E-state index is 0.216. The van der Waals surface area contributed by atoms with Gasteiger partial charge < -0.3 is 9.47 Å². The number of benzene rings is 1. The first-order valence-corrected chi connectivity index (χ1v) is 6.19. The van der Waals surface area contributed by atoms with Crippen molar-refractivity contribution in [2.24, 2.45) is 5.92 Å². The second kappa shape index (κ2) is 6.54. The first-order chi connectivity index (χ1) is 8.49. The highest BCUT2D eigenvalue weighted by atomic mass is 79.9. The van der Waals surface area contributed by atoms with Gasteiger partial charge in [-0.3, -0.25) is 9.59 Å². The molecule has 0 unspecified atom stereocenters. The molecule has 0 saturated carbocycles. The van der Waals surface area contributed by atoms with Crippen LogP contribution in [0, 0.1) is 5.92 Å². The van der Waals surface area contributed by atoms with Crippen LogP contribution in [0.5, 0.6) is 5.75 Å². The highest BCUT2D eigenvalue weighted by molar-refractivity contribution is 9.10. The molecule has 0 amide bonds. The van der Waals surface area contributed by atoms with E-state index in [1.807, 2.05) is 12.1 Å². The van der Waals surface area contributed by atoms with Gasteiger partial charge in [-0.05, 0) is 31.0 Å². The highest BCUT2D eigenvalue weighted by Crippen LogP contribution is 2.26. The third-order valence-electron chi connectivity index (χ3n) is 2.65. The van der Waals surface area contributed by atoms with Crippen molar-refractivity contribution >= 4 is 27.7 Å². The van der Waals surface area contributed by atoms with Gasteiger partial charge in [0.2, 0.25) is 0 Å². The molecule has 4 nitrogen and oxygen atoms in total. The smallest absolute Gasteiger partial charge is 0.316 e. The molecule has 0 fully saturated rings. The van der Waals surface area contributed by atoms with E-state index in [0.29, 0.717) is 5.75 Å². The number of hydrogen-bond donors (Lipinski definition) is 0. The van der Waals surface area contributed by atoms with E-state index < -0.39 is 11.9 Å². The molecule has 0 aromatic heterocycles. The van der Waals surface area contributed by atoms with Crippen LogP contribution in [0.3, 0.4) is 0 Å². The lowest BCUT2D eigenvalue weighted by atomic mass is 9.95. The minimum atomic E-state index is -0.787. The molecule has 0 saturated heterocycles. The molecule has 18 heavy (non-hydrogen) atoms. The van der Waals surface area contributed by atoms with Crippen molar-refractivity contribution in [2.45, 2.75) is 13.3 Å². The number of methoxy groups -OCH3 is 2. The Morgan fingerprint density at radius 3 is 2.50 bits per heavy atom. The number of halogens is 1. The zero-order chi connectivity index (χ0) is 13.7. The summed E-state index contributed by atoms with van der Waals surface area (Å²) >= 11 is 3.34. The van der Waals surface area contributed by atoms with Crippen LogP contribution in [0.25, 0.3) is 0 Å². The number of carbonyl (C=O) groups excluding carboxylic acids is 2. The van der Waals surface area contributed by atoms with Crippen molar-refractivity contribution in [2.75, 3.05) is 14.2 Å². The van der Waals surface area contributed by atoms with Gasteiger partial charge in [0.1, 0.15) is 17.5 Å². The Kier molecular flexibility index (Phi) is 5.34. The second-order valence-corrected chi connectivity index (χ2v) is 4.76. The average molecular weight is 315 g/mol. The molecule has 0 aliphatic rings. The quantitative estimate of drug-likeness (QED) is 0.618. The van der Waals surface area contributed by atoms with Crippen LogP contribution >= 0.6 is 15.9 Å². The van der Waals surface area contributed by atoms with Gasteiger partial charge in [0.25, 0.3) is 0 Å². The molecule has 1 aromatic carbocycles. The molecular weight excluding hydrogens is 300 g/mol. The summed E-state index contributed by atoms with van der Waals surface area (Å²) in [7, 11) is 2.82. The number of carbonyl (C=O) groups is 2. The first kappa shape index (κ1) is 14.7. The Balaban J connectivity index is 3.00. The van der Waals surface area contributed by atoms with Crippen LogP contribution in [-0.4, -0.2) is 26.0 Å². The number of ketones is 1. The predicted octanol–water partition coefficient (Wildman–Crippen LogP) is 2.38. The normalized spacial score (nSPS) is 11.8. The average Bonchev–Trinajstić information content (AvgIpc) is 2.35. The van der Waals surface area contributed by atoms with E-state index in [0.717, 1.165) is 10.0 Å². The van der Waals surface area contributed by atoms with Crippen LogP contribution in [-0.2, 0) is 20.7 Å². The molecule has 98 valence electrons. The molecule has 5 heteroatoms. The topological polar surface area (TPSA) is 52.6 Å². The van der Waals surface area contributed by atoms with Gasteiger partial charge in [-0.1, -0.05) is 22.0 Å². The predicted molar refractivity (Wildman–Crippen MR) is 70.6 cm³/mol. The molecule has 0 bridgehead atoms. The van der Waals surface area contributed by atoms with Crippen LogP contribution in [0.15, 0.2) is 22.7 Å². The number of esters is 1. The monoisotopic (exact) mass is 314 g/mol. The number of hydrogen-bond acceptors (Lipinski definition) is 4. The Morgan fingerprint density at radius 2 is 2.00 bits per heavy atom. The van der Waals surface area contributed by atoms with E-state index in [1.54, 1.807) is 13.2 Å². The van der Waals surface area contributed by atoms with Crippen molar-refractivity contribution in [1.29, 1.82) is 0 Å². The lowest BCUT2D eigenvalue weighted by Crippen LogP contribution is -2.25. The molecule has 0 aliphatic heterocycles. The molecule has 1 rings (SSSR count). The molecule has 1 atom stereocenters. The van der Waals surface area contributed by atoms with Crippen LogP contribution < -0.4 is 4.74 Å². The van der Waals surface area contributed by atoms with Crippen molar-refractivity contribution < 1.29 is 19.1 Å². The van der Waals surface area contributed by atoms with E-state index in [2.05, 4.69) is 20.7 Å². The fourth-order valence-electron chi connectivity index (χ4n) is 1.64. The second-order valence-electron chi connectivity index (χ2n) is 3.85. The molecule has 0 N–H and O–H groups in total. The zero-order valence-electron chi connectivity index (χ0n) is 10.5. The van der Waals surface area contributed by atoms with Gasteiger partial charge in [0.15, 0.2) is 0 Å². The maximum absolute atomic E-state index is 11.5. The Morgan fingerprint density at radius 1 is 1.33 bits per heavy atom. The van der Waals surface area contributed by atoms with Crippen molar-refractivity contribution in [1.82, 2.24) is 0 Å². The van der Waals surface area contributed by atoms with E-state index in [9.17, 15) is 9.59 Å². The molecular formula is C13H15BrO4. The van der Waals surface area contributed by atoms with Gasteiger partial charge in [-0.25, -0.2) is 0 Å². The zero-order valence-corrected chi connectivity index (χ0v) is 12.1. The van der Waals surface area contributed by atoms with Crippen LogP contribution in [0.4, 0.5) is 0 Å². The fraction of sp³-hybridized carbons (Fsp3) is 0.385. The van der Waals surface area contributed by atoms with Crippen molar-refractivity contribution in [3.8, 4) is 5.75 Å². The summed E-state index contributed by atoms with van der Waals surface area (Å²) < 4.78 is 10.7. The van der Waals surface area contributed by atoms with E-state index in [4.69, 9.17) is 4.74 Å². The van der Waals surface area contributed by atoms with Gasteiger partial charge >= 0.3 is 5.97 Å². The molecule has 1 aromatic rings. The number of Topliss-reactive ketones (excluding diaryl/α,β-unsaturated/α-hetero) is 1. The van der Waals surface area contributed by atoms with Crippen LogP contribution in [0.1, 0.15) is 12.5 Å². The summed E-state index contributed by atoms with van der Waals surface area (Å²) in [4.78, 5) is 23.0. The SMILES string of the molecule is COC(=O)[C@@H](Cc1ccc(Br)cc1OC)C(C)=O. The number of rotatable bonds is 5. The molecule has 0 aliphatic carbocycles. The lowest BCUT2D eigenvalue weighted by Gasteiger charge is -2.14. The van der Waals surface area contributed by atoms with Crippen molar-refractivity contribution in [3.05, 3.63) is 28.2 Å². The van der Waals surface area contributed by atoms with E-state index >= 15 is 0 Å². The largest absolute Gasteiger partial charge is 0.496 e. The Labute approximate surface area is 114 Å². The van der Waals surface area contributed by atoms with E-state index in [-0.39, 0.29) is 12.2 Å². The van der Waals surface area contributed by atoms with Crippen LogP contribution in [0.2, 0.25) is 0 Å². The van der Waals surface area contributed by atoms with Gasteiger partial charge in [0.05, 0.1) is 14.2 Å². The molecule has 0 heterocycles. The summed E-state index contributed by atoms with van der Waals surface area (Å²) in [6.07, 6.45) is 0.276. The van der Waals surface area contributed by atoms with Gasteiger partial charge in [0, 0.05) is 4.47 Å². The summed E-state index contributed by atoms with van der Waals surface area (Å²) in [6.45, 7) is 1.38. The third-order valence-corrected chi connectivity index (χ3v) is 3.14. The highest BCUT2D eigenvalue weighted by Gasteiger charge is 2.25. The maximum atomic E-state index is 11.5. The summed E-state index contributed by atoms with van der Waals surface area (Å²) in [5.74, 6) is -0.885. The summed E-state index contributed by atoms with van der Waals surface area (Å²) in [5.41, 5.74) is 0.798. The van der Waals surface area contributed by atoms with Crippen molar-refractivity contribution in [3.63, 3.8) is 0 Å². The standard InChI is InChI=1S/C13H15BrO4/c1-8(15)11(13(16)18-3)6-9-4-5-10(14)7-12(9)17-2/h4-5,7,11H,6H2,1-3H3/t11-/m0/s1. The Hall–Kier alpha value is -1.36. The molecule has 0 radical (unpaired) electrons. The minimum Gasteiger partial charge on any atom is -0.496 e. The third kappa shape index (κ3) is 3.57. The van der Waals surface area contributed by atoms with E-state index in [1.165, 1.54) is 14.0 Å². The maximum Gasteiger partial charge on any atom is 0.316 e.